The van der Waals surface area contributed by atoms with Crippen molar-refractivity contribution in [1.29, 1.82) is 0 Å². The normalized spacial score (nSPS) is 20.6. The topological polar surface area (TPSA) is 68.0 Å². The average Bonchev–Trinajstić information content (AvgIpc) is 3.07. The summed E-state index contributed by atoms with van der Waals surface area (Å²) in [7, 11) is 0. The van der Waals surface area contributed by atoms with Gasteiger partial charge in [0.1, 0.15) is 0 Å². The lowest BCUT2D eigenvalue weighted by Gasteiger charge is -2.05. The van der Waals surface area contributed by atoms with Crippen LogP contribution < -0.4 is 5.32 Å². The van der Waals surface area contributed by atoms with E-state index in [1.54, 1.807) is 0 Å². The number of hydrogen-bond donors (Lipinski definition) is 1. The Morgan fingerprint density at radius 2 is 2.30 bits per heavy atom. The van der Waals surface area contributed by atoms with E-state index in [4.69, 9.17) is 0 Å². The number of carbonyl (C=O) groups is 1. The Morgan fingerprint density at radius 3 is 3.05 bits per heavy atom. The SMILES string of the molecule is Cc1ccccc1[C@H]1C[C@H]1C(=O)NCCc1ncon1. The fourth-order valence-corrected chi connectivity index (χ4v) is 2.56. The Bertz CT molecular complexity index is 595. The van der Waals surface area contributed by atoms with Crippen LogP contribution in [0.25, 0.3) is 0 Å². The molecule has 1 aliphatic rings. The van der Waals surface area contributed by atoms with Crippen molar-refractivity contribution in [1.82, 2.24) is 15.5 Å². The van der Waals surface area contributed by atoms with Gasteiger partial charge in [0.05, 0.1) is 0 Å². The highest BCUT2D eigenvalue weighted by Gasteiger charge is 2.44. The Labute approximate surface area is 117 Å². The second-order valence-electron chi connectivity index (χ2n) is 5.19. The van der Waals surface area contributed by atoms with Crippen molar-refractivity contribution in [2.45, 2.75) is 25.7 Å². The number of aromatic nitrogens is 2. The third-order valence-electron chi connectivity index (χ3n) is 3.77. The highest BCUT2D eigenvalue weighted by Crippen LogP contribution is 2.48. The monoisotopic (exact) mass is 271 g/mol. The first-order chi connectivity index (χ1) is 9.75. The van der Waals surface area contributed by atoms with Gasteiger partial charge < -0.3 is 9.84 Å². The van der Waals surface area contributed by atoms with Crippen LogP contribution in [0, 0.1) is 12.8 Å². The zero-order chi connectivity index (χ0) is 13.9. The summed E-state index contributed by atoms with van der Waals surface area (Å²) in [6, 6.07) is 8.28. The molecule has 1 N–H and O–H groups in total. The highest BCUT2D eigenvalue weighted by atomic mass is 16.5. The number of carbonyl (C=O) groups excluding carboxylic acids is 1. The average molecular weight is 271 g/mol. The van der Waals surface area contributed by atoms with E-state index in [0.717, 1.165) is 6.42 Å². The minimum atomic E-state index is 0.112. The molecule has 1 aromatic heterocycles. The fourth-order valence-electron chi connectivity index (χ4n) is 2.56. The summed E-state index contributed by atoms with van der Waals surface area (Å²) in [5.41, 5.74) is 2.56. The predicted octanol–water partition coefficient (Wildman–Crippen LogP) is 1.84. The van der Waals surface area contributed by atoms with Gasteiger partial charge in [-0.3, -0.25) is 4.79 Å². The van der Waals surface area contributed by atoms with Crippen LogP contribution in [0.3, 0.4) is 0 Å². The van der Waals surface area contributed by atoms with Gasteiger partial charge in [0, 0.05) is 18.9 Å². The molecule has 0 radical (unpaired) electrons. The summed E-state index contributed by atoms with van der Waals surface area (Å²) in [5, 5.41) is 6.65. The van der Waals surface area contributed by atoms with Gasteiger partial charge in [-0.1, -0.05) is 29.4 Å². The molecular formula is C15H17N3O2. The number of amides is 1. The number of rotatable bonds is 5. The summed E-state index contributed by atoms with van der Waals surface area (Å²) in [4.78, 5) is 16.0. The van der Waals surface area contributed by atoms with Crippen LogP contribution in [0.15, 0.2) is 35.2 Å². The van der Waals surface area contributed by atoms with Gasteiger partial charge in [-0.05, 0) is 30.4 Å². The second kappa shape index (κ2) is 5.45. The van der Waals surface area contributed by atoms with Crippen LogP contribution in [0.2, 0.25) is 0 Å². The minimum absolute atomic E-state index is 0.112. The molecule has 104 valence electrons. The molecule has 1 aromatic carbocycles. The molecule has 1 heterocycles. The van der Waals surface area contributed by atoms with Crippen molar-refractivity contribution in [2.24, 2.45) is 5.92 Å². The van der Waals surface area contributed by atoms with Gasteiger partial charge in [-0.2, -0.15) is 4.98 Å². The molecule has 0 aliphatic heterocycles. The Balaban J connectivity index is 1.49. The molecule has 2 aromatic rings. The first kappa shape index (κ1) is 12.8. The maximum Gasteiger partial charge on any atom is 0.223 e. The summed E-state index contributed by atoms with van der Waals surface area (Å²) in [5.74, 6) is 1.24. The molecular weight excluding hydrogens is 254 g/mol. The van der Waals surface area contributed by atoms with Gasteiger partial charge >= 0.3 is 0 Å². The molecule has 3 rings (SSSR count). The largest absolute Gasteiger partial charge is 0.355 e. The van der Waals surface area contributed by atoms with Gasteiger partial charge in [-0.15, -0.1) is 0 Å². The number of aryl methyl sites for hydroxylation is 1. The summed E-state index contributed by atoms with van der Waals surface area (Å²) >= 11 is 0. The van der Waals surface area contributed by atoms with Crippen molar-refractivity contribution in [2.75, 3.05) is 6.54 Å². The molecule has 1 aliphatic carbocycles. The van der Waals surface area contributed by atoms with E-state index in [1.807, 2.05) is 12.1 Å². The molecule has 1 amide bonds. The third kappa shape index (κ3) is 2.71. The van der Waals surface area contributed by atoms with Crippen LogP contribution in [0.1, 0.15) is 29.3 Å². The smallest absolute Gasteiger partial charge is 0.223 e. The molecule has 5 heteroatoms. The molecule has 1 fully saturated rings. The first-order valence-corrected chi connectivity index (χ1v) is 6.84. The number of nitrogens with one attached hydrogen (secondary N) is 1. The van der Waals surface area contributed by atoms with Gasteiger partial charge in [0.2, 0.25) is 12.3 Å². The third-order valence-corrected chi connectivity index (χ3v) is 3.77. The maximum atomic E-state index is 12.1. The van der Waals surface area contributed by atoms with Gasteiger partial charge in [-0.25, -0.2) is 0 Å². The van der Waals surface area contributed by atoms with Crippen LogP contribution in [-0.4, -0.2) is 22.6 Å². The number of hydrogen-bond acceptors (Lipinski definition) is 4. The van der Waals surface area contributed by atoms with E-state index in [1.165, 1.54) is 17.5 Å². The molecule has 1 saturated carbocycles. The minimum Gasteiger partial charge on any atom is -0.355 e. The van der Waals surface area contributed by atoms with Crippen molar-refractivity contribution in [3.63, 3.8) is 0 Å². The molecule has 0 saturated heterocycles. The van der Waals surface area contributed by atoms with E-state index in [-0.39, 0.29) is 11.8 Å². The quantitative estimate of drug-likeness (QED) is 0.901. The molecule has 0 spiro atoms. The zero-order valence-corrected chi connectivity index (χ0v) is 11.4. The lowest BCUT2D eigenvalue weighted by atomic mass is 10.0. The van der Waals surface area contributed by atoms with Crippen molar-refractivity contribution >= 4 is 5.91 Å². The standard InChI is InChI=1S/C15H17N3O2/c1-10-4-2-3-5-11(10)12-8-13(12)15(19)16-7-6-14-17-9-20-18-14/h2-5,9,12-13H,6-8H2,1H3,(H,16,19)/t12-,13-/m1/s1. The lowest BCUT2D eigenvalue weighted by molar-refractivity contribution is -0.122. The number of benzene rings is 1. The summed E-state index contributed by atoms with van der Waals surface area (Å²) in [6.45, 7) is 2.65. The van der Waals surface area contributed by atoms with E-state index < -0.39 is 0 Å². The van der Waals surface area contributed by atoms with E-state index >= 15 is 0 Å². The predicted molar refractivity (Wildman–Crippen MR) is 73.0 cm³/mol. The van der Waals surface area contributed by atoms with Crippen LogP contribution in [0.4, 0.5) is 0 Å². The number of nitrogens with zero attached hydrogens (tertiary/aromatic N) is 2. The first-order valence-electron chi connectivity index (χ1n) is 6.84. The molecule has 20 heavy (non-hydrogen) atoms. The fraction of sp³-hybridized carbons (Fsp3) is 0.400. The second-order valence-corrected chi connectivity index (χ2v) is 5.19. The van der Waals surface area contributed by atoms with Crippen molar-refractivity contribution < 1.29 is 9.32 Å². The summed E-state index contributed by atoms with van der Waals surface area (Å²) < 4.78 is 4.65. The van der Waals surface area contributed by atoms with Crippen LogP contribution in [-0.2, 0) is 11.2 Å². The molecule has 0 unspecified atom stereocenters. The Morgan fingerprint density at radius 1 is 1.45 bits per heavy atom. The van der Waals surface area contributed by atoms with Crippen molar-refractivity contribution in [3.05, 3.63) is 47.6 Å². The van der Waals surface area contributed by atoms with Crippen LogP contribution >= 0.6 is 0 Å². The van der Waals surface area contributed by atoms with Gasteiger partial charge in [0.15, 0.2) is 5.82 Å². The molecule has 2 atom stereocenters. The van der Waals surface area contributed by atoms with Gasteiger partial charge in [0.25, 0.3) is 0 Å². The Hall–Kier alpha value is -2.17. The Kier molecular flexibility index (Phi) is 3.50. The van der Waals surface area contributed by atoms with E-state index in [9.17, 15) is 4.79 Å². The molecule has 0 bridgehead atoms. The van der Waals surface area contributed by atoms with Crippen LogP contribution in [0.5, 0.6) is 0 Å². The van der Waals surface area contributed by atoms with E-state index in [0.29, 0.717) is 24.7 Å². The van der Waals surface area contributed by atoms with Crippen molar-refractivity contribution in [3.8, 4) is 0 Å². The van der Waals surface area contributed by atoms with E-state index in [2.05, 4.69) is 39.0 Å². The summed E-state index contributed by atoms with van der Waals surface area (Å²) in [6.07, 6.45) is 2.84. The lowest BCUT2D eigenvalue weighted by Crippen LogP contribution is -2.27. The zero-order valence-electron chi connectivity index (χ0n) is 11.4. The molecule has 5 nitrogen and oxygen atoms in total. The maximum absolute atomic E-state index is 12.1. The highest BCUT2D eigenvalue weighted by molar-refractivity contribution is 5.83.